The molecule has 0 bridgehead atoms. The van der Waals surface area contributed by atoms with Gasteiger partial charge in [0.05, 0.1) is 11.6 Å². The summed E-state index contributed by atoms with van der Waals surface area (Å²) in [6.07, 6.45) is 2.18. The van der Waals surface area contributed by atoms with Crippen LogP contribution in [0.2, 0.25) is 0 Å². The molecule has 1 saturated heterocycles. The molecule has 1 fully saturated rings. The summed E-state index contributed by atoms with van der Waals surface area (Å²) in [6.45, 7) is 1.28. The number of hydrogen-bond donors (Lipinski definition) is 2. The van der Waals surface area contributed by atoms with Gasteiger partial charge in [-0.2, -0.15) is 0 Å². The first-order valence-corrected chi connectivity index (χ1v) is 10.5. The molecule has 0 spiro atoms. The molecule has 2 aromatic carbocycles. The van der Waals surface area contributed by atoms with Crippen LogP contribution in [0.15, 0.2) is 54.2 Å². The van der Waals surface area contributed by atoms with Crippen molar-refractivity contribution in [2.45, 2.75) is 19.3 Å². The molecule has 0 aliphatic carbocycles. The minimum atomic E-state index is -0.771. The van der Waals surface area contributed by atoms with Crippen molar-refractivity contribution in [1.29, 1.82) is 0 Å². The summed E-state index contributed by atoms with van der Waals surface area (Å²) in [7, 11) is 1.55. The predicted molar refractivity (Wildman–Crippen MR) is 119 cm³/mol. The van der Waals surface area contributed by atoms with Gasteiger partial charge in [-0.3, -0.25) is 10.1 Å². The zero-order valence-corrected chi connectivity index (χ0v) is 18.3. The van der Waals surface area contributed by atoms with Crippen LogP contribution in [0.5, 0.6) is 11.5 Å². The Morgan fingerprint density at radius 2 is 1.70 bits per heavy atom. The van der Waals surface area contributed by atoms with Crippen molar-refractivity contribution >= 4 is 38.1 Å². The molecule has 3 rings (SSSR count). The van der Waals surface area contributed by atoms with E-state index in [1.165, 1.54) is 0 Å². The maximum atomic E-state index is 13.3. The molecule has 7 nitrogen and oxygen atoms in total. The number of anilines is 1. The standard InChI is InChI=1S/C22H24BrN3O4/c1-29-18-8-4-3-7-17(18)19(23)20(21(27)26-13-5-2-6-14-26)25-22(28)30-16-11-9-15(24)10-12-16/h3-4,7-12H,2,5-6,13-14,24H2,1H3,(H,25,28)/b20-19+. The Morgan fingerprint density at radius 1 is 1.03 bits per heavy atom. The van der Waals surface area contributed by atoms with E-state index in [1.54, 1.807) is 48.4 Å². The number of hydrogen-bond acceptors (Lipinski definition) is 5. The molecule has 8 heteroatoms. The monoisotopic (exact) mass is 473 g/mol. The van der Waals surface area contributed by atoms with Crippen LogP contribution in [0.25, 0.3) is 4.48 Å². The number of likely N-dealkylation sites (tertiary alicyclic amines) is 1. The number of para-hydroxylation sites is 1. The molecule has 2 amide bonds. The molecule has 0 aromatic heterocycles. The number of methoxy groups -OCH3 is 1. The average molecular weight is 474 g/mol. The molecule has 1 heterocycles. The third-order valence-corrected chi connectivity index (χ3v) is 5.56. The van der Waals surface area contributed by atoms with Gasteiger partial charge in [0.25, 0.3) is 5.91 Å². The summed E-state index contributed by atoms with van der Waals surface area (Å²) in [5.41, 5.74) is 6.96. The van der Waals surface area contributed by atoms with Crippen molar-refractivity contribution in [2.75, 3.05) is 25.9 Å². The van der Waals surface area contributed by atoms with E-state index in [2.05, 4.69) is 21.2 Å². The van der Waals surface area contributed by atoms with Crippen LogP contribution in [0.1, 0.15) is 24.8 Å². The van der Waals surface area contributed by atoms with Gasteiger partial charge in [0.15, 0.2) is 0 Å². The van der Waals surface area contributed by atoms with Crippen LogP contribution in [-0.4, -0.2) is 37.1 Å². The number of piperidine rings is 1. The van der Waals surface area contributed by atoms with Crippen LogP contribution in [-0.2, 0) is 4.79 Å². The number of ether oxygens (including phenoxy) is 2. The molecule has 0 saturated carbocycles. The first-order valence-electron chi connectivity index (χ1n) is 9.66. The Kier molecular flexibility index (Phi) is 7.35. The minimum Gasteiger partial charge on any atom is -0.496 e. The normalized spacial score (nSPS) is 14.5. The average Bonchev–Trinajstić information content (AvgIpc) is 2.78. The van der Waals surface area contributed by atoms with Crippen LogP contribution in [0, 0.1) is 0 Å². The second-order valence-electron chi connectivity index (χ2n) is 6.83. The number of benzene rings is 2. The summed E-state index contributed by atoms with van der Waals surface area (Å²) >= 11 is 3.50. The number of nitrogen functional groups attached to an aromatic ring is 1. The summed E-state index contributed by atoms with van der Waals surface area (Å²) in [5.74, 6) is 0.614. The molecule has 0 unspecified atom stereocenters. The van der Waals surface area contributed by atoms with Gasteiger partial charge < -0.3 is 20.1 Å². The van der Waals surface area contributed by atoms with Gasteiger partial charge in [0, 0.05) is 24.3 Å². The summed E-state index contributed by atoms with van der Waals surface area (Å²) < 4.78 is 11.1. The number of nitrogens with one attached hydrogen (secondary N) is 1. The van der Waals surface area contributed by atoms with E-state index < -0.39 is 6.09 Å². The molecule has 0 atom stereocenters. The highest BCUT2D eigenvalue weighted by atomic mass is 79.9. The number of carbonyl (C=O) groups excluding carboxylic acids is 2. The highest BCUT2D eigenvalue weighted by Crippen LogP contribution is 2.33. The Bertz CT molecular complexity index is 938. The van der Waals surface area contributed by atoms with E-state index in [0.717, 1.165) is 19.3 Å². The van der Waals surface area contributed by atoms with Crippen molar-refractivity contribution in [3.63, 3.8) is 0 Å². The van der Waals surface area contributed by atoms with Crippen LogP contribution in [0.4, 0.5) is 10.5 Å². The fourth-order valence-electron chi connectivity index (χ4n) is 3.19. The fourth-order valence-corrected chi connectivity index (χ4v) is 3.78. The third-order valence-electron chi connectivity index (χ3n) is 4.74. The van der Waals surface area contributed by atoms with Gasteiger partial charge in [-0.1, -0.05) is 18.2 Å². The quantitative estimate of drug-likeness (QED) is 0.502. The molecule has 1 aliphatic heterocycles. The van der Waals surface area contributed by atoms with Crippen molar-refractivity contribution in [3.05, 3.63) is 59.8 Å². The lowest BCUT2D eigenvalue weighted by atomic mass is 10.1. The van der Waals surface area contributed by atoms with Crippen molar-refractivity contribution < 1.29 is 19.1 Å². The van der Waals surface area contributed by atoms with E-state index in [0.29, 0.717) is 40.3 Å². The highest BCUT2D eigenvalue weighted by molar-refractivity contribution is 9.15. The third kappa shape index (κ3) is 5.33. The lowest BCUT2D eigenvalue weighted by Gasteiger charge is -2.28. The number of carbonyl (C=O) groups is 2. The SMILES string of the molecule is COc1ccccc1/C(Br)=C(\NC(=O)Oc1ccc(N)cc1)C(=O)N1CCCCC1. The van der Waals surface area contributed by atoms with Crippen molar-refractivity contribution in [1.82, 2.24) is 10.2 Å². The molecule has 0 radical (unpaired) electrons. The van der Waals surface area contributed by atoms with Crippen molar-refractivity contribution in [2.24, 2.45) is 0 Å². The topological polar surface area (TPSA) is 93.9 Å². The van der Waals surface area contributed by atoms with E-state index in [4.69, 9.17) is 15.2 Å². The van der Waals surface area contributed by atoms with Crippen molar-refractivity contribution in [3.8, 4) is 11.5 Å². The number of rotatable bonds is 5. The molecule has 3 N–H and O–H groups in total. The van der Waals surface area contributed by atoms with E-state index in [-0.39, 0.29) is 11.6 Å². The summed E-state index contributed by atoms with van der Waals surface area (Å²) in [5, 5.41) is 2.62. The minimum absolute atomic E-state index is 0.0989. The lowest BCUT2D eigenvalue weighted by molar-refractivity contribution is -0.128. The molecule has 2 aromatic rings. The zero-order chi connectivity index (χ0) is 21.5. The van der Waals surface area contributed by atoms with Crippen LogP contribution in [0.3, 0.4) is 0 Å². The van der Waals surface area contributed by atoms with Crippen LogP contribution >= 0.6 is 15.9 Å². The van der Waals surface area contributed by atoms with E-state index in [9.17, 15) is 9.59 Å². The maximum absolute atomic E-state index is 13.3. The molecular formula is C22H24BrN3O4. The Labute approximate surface area is 184 Å². The fraction of sp³-hybridized carbons (Fsp3) is 0.273. The number of nitrogens with two attached hydrogens (primary N) is 1. The smallest absolute Gasteiger partial charge is 0.417 e. The maximum Gasteiger partial charge on any atom is 0.417 e. The first-order chi connectivity index (χ1) is 14.5. The first kappa shape index (κ1) is 21.7. The molecular weight excluding hydrogens is 450 g/mol. The second kappa shape index (κ2) is 10.2. The number of amides is 2. The van der Waals surface area contributed by atoms with Crippen LogP contribution < -0.4 is 20.5 Å². The molecule has 30 heavy (non-hydrogen) atoms. The summed E-state index contributed by atoms with van der Waals surface area (Å²) in [4.78, 5) is 27.6. The zero-order valence-electron chi connectivity index (χ0n) is 16.7. The second-order valence-corrected chi connectivity index (χ2v) is 7.62. The lowest BCUT2D eigenvalue weighted by Crippen LogP contribution is -2.42. The van der Waals surface area contributed by atoms with Gasteiger partial charge in [0.1, 0.15) is 17.2 Å². The van der Waals surface area contributed by atoms with Gasteiger partial charge in [-0.05, 0) is 65.5 Å². The predicted octanol–water partition coefficient (Wildman–Crippen LogP) is 4.14. The van der Waals surface area contributed by atoms with Gasteiger partial charge >= 0.3 is 6.09 Å². The number of halogens is 1. The van der Waals surface area contributed by atoms with Gasteiger partial charge in [0.2, 0.25) is 0 Å². The largest absolute Gasteiger partial charge is 0.496 e. The van der Waals surface area contributed by atoms with E-state index >= 15 is 0 Å². The molecule has 1 aliphatic rings. The highest BCUT2D eigenvalue weighted by Gasteiger charge is 2.26. The Hall–Kier alpha value is -3.00. The Morgan fingerprint density at radius 3 is 2.37 bits per heavy atom. The van der Waals surface area contributed by atoms with Gasteiger partial charge in [-0.15, -0.1) is 0 Å². The van der Waals surface area contributed by atoms with Gasteiger partial charge in [-0.25, -0.2) is 4.79 Å². The van der Waals surface area contributed by atoms with E-state index in [1.807, 2.05) is 12.1 Å². The summed E-state index contributed by atoms with van der Waals surface area (Å²) in [6, 6.07) is 13.7. The Balaban J connectivity index is 1.91. The molecule has 158 valence electrons. The number of nitrogens with zero attached hydrogens (tertiary/aromatic N) is 1.